The molecule has 1 fully saturated rings. The van der Waals surface area contributed by atoms with E-state index in [1.807, 2.05) is 23.9 Å². The molecule has 88 valence electrons. The number of thioether (sulfide) groups is 1. The van der Waals surface area contributed by atoms with Gasteiger partial charge in [0.1, 0.15) is 0 Å². The lowest BCUT2D eigenvalue weighted by Gasteiger charge is -2.27. The Morgan fingerprint density at radius 1 is 1.25 bits per heavy atom. The molecule has 0 amide bonds. The molecule has 2 heteroatoms. The van der Waals surface area contributed by atoms with Crippen LogP contribution in [0.25, 0.3) is 0 Å². The molecule has 2 atom stereocenters. The first-order valence-electron chi connectivity index (χ1n) is 6.30. The molecule has 1 aromatic rings. The van der Waals surface area contributed by atoms with E-state index in [-0.39, 0.29) is 0 Å². The van der Waals surface area contributed by atoms with Crippen LogP contribution in [0.3, 0.4) is 0 Å². The minimum atomic E-state index is 0.822. The van der Waals surface area contributed by atoms with Gasteiger partial charge in [0.25, 0.3) is 0 Å². The van der Waals surface area contributed by atoms with Crippen LogP contribution in [-0.2, 0) is 0 Å². The topological polar surface area (TPSA) is 26.0 Å². The Morgan fingerprint density at radius 2 is 2.00 bits per heavy atom. The highest BCUT2D eigenvalue weighted by atomic mass is 32.2. The van der Waals surface area contributed by atoms with Gasteiger partial charge in [-0.2, -0.15) is 0 Å². The lowest BCUT2D eigenvalue weighted by atomic mass is 9.87. The highest BCUT2D eigenvalue weighted by molar-refractivity contribution is 8.00. The predicted octanol–water partition coefficient (Wildman–Crippen LogP) is 4.33. The Balaban J connectivity index is 1.91. The van der Waals surface area contributed by atoms with Gasteiger partial charge in [-0.1, -0.05) is 26.2 Å². The van der Waals surface area contributed by atoms with Gasteiger partial charge in [-0.25, -0.2) is 0 Å². The number of hydrogen-bond donors (Lipinski definition) is 1. The van der Waals surface area contributed by atoms with Crippen molar-refractivity contribution in [3.05, 3.63) is 24.3 Å². The second kappa shape index (κ2) is 5.62. The monoisotopic (exact) mass is 235 g/mol. The molecule has 2 rings (SSSR count). The van der Waals surface area contributed by atoms with Gasteiger partial charge in [0.15, 0.2) is 0 Å². The molecule has 0 heterocycles. The molecule has 2 unspecified atom stereocenters. The zero-order valence-electron chi connectivity index (χ0n) is 9.99. The van der Waals surface area contributed by atoms with Crippen molar-refractivity contribution >= 4 is 17.4 Å². The lowest BCUT2D eigenvalue weighted by molar-refractivity contribution is 0.357. The molecular weight excluding hydrogens is 214 g/mol. The fraction of sp³-hybridized carbons (Fsp3) is 0.571. The van der Waals surface area contributed by atoms with Crippen LogP contribution in [0.1, 0.15) is 39.0 Å². The van der Waals surface area contributed by atoms with Crippen molar-refractivity contribution in [3.8, 4) is 0 Å². The van der Waals surface area contributed by atoms with Crippen LogP contribution in [0.4, 0.5) is 5.69 Å². The molecule has 0 spiro atoms. The zero-order chi connectivity index (χ0) is 11.4. The van der Waals surface area contributed by atoms with Crippen molar-refractivity contribution in [2.24, 2.45) is 5.92 Å². The third-order valence-corrected chi connectivity index (χ3v) is 4.80. The summed E-state index contributed by atoms with van der Waals surface area (Å²) in [5.41, 5.74) is 6.55. The average molecular weight is 235 g/mol. The normalized spacial score (nSPS) is 25.6. The fourth-order valence-electron chi connectivity index (χ4n) is 2.46. The van der Waals surface area contributed by atoms with Crippen LogP contribution in [0, 0.1) is 5.92 Å². The second-order valence-electron chi connectivity index (χ2n) is 4.75. The SMILES string of the molecule is CCC1CCCC(Sc2ccc(N)cc2)C1. The Kier molecular flexibility index (Phi) is 4.16. The molecule has 1 saturated carbocycles. The lowest BCUT2D eigenvalue weighted by Crippen LogP contribution is -2.16. The molecule has 1 aliphatic carbocycles. The summed E-state index contributed by atoms with van der Waals surface area (Å²) in [4.78, 5) is 1.37. The Labute approximate surface area is 103 Å². The van der Waals surface area contributed by atoms with Crippen molar-refractivity contribution in [1.82, 2.24) is 0 Å². The quantitative estimate of drug-likeness (QED) is 0.789. The number of benzene rings is 1. The van der Waals surface area contributed by atoms with Crippen molar-refractivity contribution in [2.75, 3.05) is 5.73 Å². The van der Waals surface area contributed by atoms with Crippen LogP contribution >= 0.6 is 11.8 Å². The largest absolute Gasteiger partial charge is 0.399 e. The molecule has 1 nitrogen and oxygen atoms in total. The van der Waals surface area contributed by atoms with E-state index in [1.54, 1.807) is 0 Å². The van der Waals surface area contributed by atoms with Crippen molar-refractivity contribution in [3.63, 3.8) is 0 Å². The molecule has 16 heavy (non-hydrogen) atoms. The third kappa shape index (κ3) is 3.18. The first-order chi connectivity index (χ1) is 7.78. The van der Waals surface area contributed by atoms with E-state index >= 15 is 0 Å². The van der Waals surface area contributed by atoms with Crippen LogP contribution in [-0.4, -0.2) is 5.25 Å². The van der Waals surface area contributed by atoms with Gasteiger partial charge in [-0.15, -0.1) is 11.8 Å². The maximum absolute atomic E-state index is 5.69. The number of rotatable bonds is 3. The number of nitrogens with two attached hydrogens (primary N) is 1. The molecule has 0 aromatic heterocycles. The van der Waals surface area contributed by atoms with E-state index in [0.29, 0.717) is 0 Å². The van der Waals surface area contributed by atoms with E-state index in [4.69, 9.17) is 5.73 Å². The van der Waals surface area contributed by atoms with Crippen LogP contribution in [0.2, 0.25) is 0 Å². The standard InChI is InChI=1S/C14H21NS/c1-2-11-4-3-5-14(10-11)16-13-8-6-12(15)7-9-13/h6-9,11,14H,2-5,10,15H2,1H3. The fourth-order valence-corrected chi connectivity index (χ4v) is 3.79. The first kappa shape index (κ1) is 11.8. The zero-order valence-corrected chi connectivity index (χ0v) is 10.8. The molecule has 0 aliphatic heterocycles. The molecule has 1 aliphatic rings. The summed E-state index contributed by atoms with van der Waals surface area (Å²) in [5, 5.41) is 0.822. The summed E-state index contributed by atoms with van der Waals surface area (Å²) in [6.45, 7) is 2.32. The maximum Gasteiger partial charge on any atom is 0.0314 e. The molecule has 2 N–H and O–H groups in total. The Hall–Kier alpha value is -0.630. The van der Waals surface area contributed by atoms with Gasteiger partial charge < -0.3 is 5.73 Å². The maximum atomic E-state index is 5.69. The second-order valence-corrected chi connectivity index (χ2v) is 6.12. The van der Waals surface area contributed by atoms with Crippen molar-refractivity contribution in [2.45, 2.75) is 49.2 Å². The summed E-state index contributed by atoms with van der Waals surface area (Å²) in [6, 6.07) is 8.30. The number of nitrogen functional groups attached to an aromatic ring is 1. The highest BCUT2D eigenvalue weighted by Crippen LogP contribution is 2.37. The van der Waals surface area contributed by atoms with Gasteiger partial charge in [0.05, 0.1) is 0 Å². The van der Waals surface area contributed by atoms with Crippen LogP contribution < -0.4 is 5.73 Å². The minimum Gasteiger partial charge on any atom is -0.399 e. The van der Waals surface area contributed by atoms with Crippen LogP contribution in [0.15, 0.2) is 29.2 Å². The predicted molar refractivity (Wildman–Crippen MR) is 72.7 cm³/mol. The third-order valence-electron chi connectivity index (χ3n) is 3.49. The summed E-state index contributed by atoms with van der Waals surface area (Å²) in [5.74, 6) is 0.958. The van der Waals surface area contributed by atoms with Gasteiger partial charge in [0, 0.05) is 15.8 Å². The summed E-state index contributed by atoms with van der Waals surface area (Å²) in [6.07, 6.45) is 6.97. The van der Waals surface area contributed by atoms with E-state index in [2.05, 4.69) is 19.1 Å². The van der Waals surface area contributed by atoms with E-state index in [9.17, 15) is 0 Å². The van der Waals surface area contributed by atoms with Crippen LogP contribution in [0.5, 0.6) is 0 Å². The highest BCUT2D eigenvalue weighted by Gasteiger charge is 2.21. The Bertz CT molecular complexity index is 320. The summed E-state index contributed by atoms with van der Waals surface area (Å²) >= 11 is 2.04. The minimum absolute atomic E-state index is 0.822. The molecule has 0 radical (unpaired) electrons. The van der Waals surface area contributed by atoms with E-state index in [1.165, 1.54) is 37.0 Å². The van der Waals surface area contributed by atoms with E-state index < -0.39 is 0 Å². The summed E-state index contributed by atoms with van der Waals surface area (Å²) < 4.78 is 0. The molecule has 0 bridgehead atoms. The van der Waals surface area contributed by atoms with Crippen molar-refractivity contribution < 1.29 is 0 Å². The molecule has 1 aromatic carbocycles. The summed E-state index contributed by atoms with van der Waals surface area (Å²) in [7, 11) is 0. The first-order valence-corrected chi connectivity index (χ1v) is 7.18. The molecule has 0 saturated heterocycles. The van der Waals surface area contributed by atoms with Crippen molar-refractivity contribution in [1.29, 1.82) is 0 Å². The van der Waals surface area contributed by atoms with E-state index in [0.717, 1.165) is 16.9 Å². The number of hydrogen-bond acceptors (Lipinski definition) is 2. The van der Waals surface area contributed by atoms with Gasteiger partial charge in [-0.3, -0.25) is 0 Å². The van der Waals surface area contributed by atoms with Gasteiger partial charge in [0.2, 0.25) is 0 Å². The average Bonchev–Trinajstić information content (AvgIpc) is 2.32. The molecular formula is C14H21NS. The Morgan fingerprint density at radius 3 is 2.69 bits per heavy atom. The van der Waals surface area contributed by atoms with Gasteiger partial charge in [-0.05, 0) is 43.0 Å². The smallest absolute Gasteiger partial charge is 0.0314 e. The number of anilines is 1. The van der Waals surface area contributed by atoms with Gasteiger partial charge >= 0.3 is 0 Å².